The Morgan fingerprint density at radius 1 is 1.13 bits per heavy atom. The highest BCUT2D eigenvalue weighted by Crippen LogP contribution is 2.22. The van der Waals surface area contributed by atoms with E-state index in [-0.39, 0.29) is 29.4 Å². The van der Waals surface area contributed by atoms with E-state index < -0.39 is 23.1 Å². The molecular formula is C23H20F2N4O2. The van der Waals surface area contributed by atoms with Crippen LogP contribution in [0.4, 0.5) is 8.78 Å². The lowest BCUT2D eigenvalue weighted by molar-refractivity contribution is 0.0951. The van der Waals surface area contributed by atoms with Gasteiger partial charge in [0.05, 0.1) is 23.2 Å². The molecule has 0 atom stereocenters. The van der Waals surface area contributed by atoms with Crippen molar-refractivity contribution >= 4 is 16.7 Å². The van der Waals surface area contributed by atoms with Crippen molar-refractivity contribution in [2.75, 3.05) is 0 Å². The van der Waals surface area contributed by atoms with Gasteiger partial charge in [0, 0.05) is 30.9 Å². The molecule has 0 saturated heterocycles. The molecule has 4 aromatic rings. The fourth-order valence-corrected chi connectivity index (χ4v) is 3.67. The minimum absolute atomic E-state index is 0.0895. The number of amides is 1. The molecule has 1 amide bonds. The summed E-state index contributed by atoms with van der Waals surface area (Å²) in [5.41, 5.74) is 1.25. The Hall–Kier alpha value is -3.81. The van der Waals surface area contributed by atoms with Crippen molar-refractivity contribution in [2.45, 2.75) is 20.0 Å². The van der Waals surface area contributed by atoms with Crippen molar-refractivity contribution in [1.29, 1.82) is 0 Å². The molecule has 2 aromatic heterocycles. The lowest BCUT2D eigenvalue weighted by Gasteiger charge is -2.17. The van der Waals surface area contributed by atoms with Crippen LogP contribution in [-0.4, -0.2) is 20.3 Å². The van der Waals surface area contributed by atoms with E-state index in [0.717, 1.165) is 0 Å². The monoisotopic (exact) mass is 422 g/mol. The Kier molecular flexibility index (Phi) is 5.37. The predicted octanol–water partition coefficient (Wildman–Crippen LogP) is 3.30. The average Bonchev–Trinajstić information content (AvgIpc) is 3.14. The second-order valence-electron chi connectivity index (χ2n) is 7.31. The SMILES string of the molecule is Cc1c(C(=O)NCc2cccc(F)c2)c2cccc(F)c2c(=O)n1Cc1ccn(C)n1. The van der Waals surface area contributed by atoms with E-state index in [1.54, 1.807) is 49.1 Å². The second kappa shape index (κ2) is 8.14. The van der Waals surface area contributed by atoms with Gasteiger partial charge in [0.1, 0.15) is 11.6 Å². The number of benzene rings is 2. The van der Waals surface area contributed by atoms with Gasteiger partial charge in [-0.1, -0.05) is 24.3 Å². The molecule has 0 aliphatic heterocycles. The zero-order chi connectivity index (χ0) is 22.1. The van der Waals surface area contributed by atoms with E-state index in [9.17, 15) is 18.4 Å². The Labute approximate surface area is 176 Å². The summed E-state index contributed by atoms with van der Waals surface area (Å²) in [5, 5.41) is 7.10. The van der Waals surface area contributed by atoms with Gasteiger partial charge < -0.3 is 9.88 Å². The van der Waals surface area contributed by atoms with E-state index in [0.29, 0.717) is 17.0 Å². The number of aryl methyl sites for hydroxylation is 1. The Balaban J connectivity index is 1.80. The molecule has 0 radical (unpaired) electrons. The van der Waals surface area contributed by atoms with Gasteiger partial charge >= 0.3 is 0 Å². The van der Waals surface area contributed by atoms with Gasteiger partial charge in [-0.05, 0) is 36.8 Å². The summed E-state index contributed by atoms with van der Waals surface area (Å²) >= 11 is 0. The van der Waals surface area contributed by atoms with E-state index in [1.165, 1.54) is 28.8 Å². The Morgan fingerprint density at radius 3 is 2.61 bits per heavy atom. The van der Waals surface area contributed by atoms with Crippen molar-refractivity contribution in [3.8, 4) is 0 Å². The zero-order valence-corrected chi connectivity index (χ0v) is 17.0. The molecule has 8 heteroatoms. The largest absolute Gasteiger partial charge is 0.348 e. The molecular weight excluding hydrogens is 402 g/mol. The number of hydrogen-bond acceptors (Lipinski definition) is 3. The van der Waals surface area contributed by atoms with E-state index >= 15 is 0 Å². The van der Waals surface area contributed by atoms with E-state index in [2.05, 4.69) is 10.4 Å². The number of aromatic nitrogens is 3. The van der Waals surface area contributed by atoms with Gasteiger partial charge in [0.15, 0.2) is 0 Å². The average molecular weight is 422 g/mol. The minimum Gasteiger partial charge on any atom is -0.348 e. The van der Waals surface area contributed by atoms with Gasteiger partial charge in [-0.25, -0.2) is 8.78 Å². The van der Waals surface area contributed by atoms with Crippen molar-refractivity contribution in [2.24, 2.45) is 7.05 Å². The summed E-state index contributed by atoms with van der Waals surface area (Å²) in [5.74, 6) is -1.58. The van der Waals surface area contributed by atoms with Crippen LogP contribution in [0, 0.1) is 18.6 Å². The van der Waals surface area contributed by atoms with Gasteiger partial charge in [-0.15, -0.1) is 0 Å². The molecule has 2 aromatic carbocycles. The maximum Gasteiger partial charge on any atom is 0.262 e. The number of nitrogens with zero attached hydrogens (tertiary/aromatic N) is 3. The summed E-state index contributed by atoms with van der Waals surface area (Å²) in [6, 6.07) is 11.8. The highest BCUT2D eigenvalue weighted by Gasteiger charge is 2.21. The third-order valence-corrected chi connectivity index (χ3v) is 5.17. The maximum absolute atomic E-state index is 14.6. The molecule has 31 heavy (non-hydrogen) atoms. The fourth-order valence-electron chi connectivity index (χ4n) is 3.67. The van der Waals surface area contributed by atoms with Gasteiger partial charge in [-0.2, -0.15) is 5.10 Å². The van der Waals surface area contributed by atoms with Crippen LogP contribution in [-0.2, 0) is 20.1 Å². The summed E-state index contributed by atoms with van der Waals surface area (Å²) in [6.45, 7) is 1.83. The molecule has 0 fully saturated rings. The Morgan fingerprint density at radius 2 is 1.90 bits per heavy atom. The molecule has 6 nitrogen and oxygen atoms in total. The molecule has 2 heterocycles. The van der Waals surface area contributed by atoms with Crippen molar-refractivity contribution in [1.82, 2.24) is 19.7 Å². The normalized spacial score (nSPS) is 11.1. The summed E-state index contributed by atoms with van der Waals surface area (Å²) in [6.07, 6.45) is 1.74. The zero-order valence-electron chi connectivity index (χ0n) is 17.0. The Bertz CT molecular complexity index is 1360. The smallest absolute Gasteiger partial charge is 0.262 e. The standard InChI is InChI=1S/C23H20F2N4O2/c1-14-20(22(30)26-12-15-5-3-6-16(24)11-15)18-7-4-8-19(25)21(18)23(31)29(14)13-17-9-10-28(2)27-17/h3-11H,12-13H2,1-2H3,(H,26,30). The van der Waals surface area contributed by atoms with Gasteiger partial charge in [0.25, 0.3) is 11.5 Å². The molecule has 0 saturated carbocycles. The number of carbonyl (C=O) groups is 1. The highest BCUT2D eigenvalue weighted by atomic mass is 19.1. The first-order valence-electron chi connectivity index (χ1n) is 9.68. The van der Waals surface area contributed by atoms with Crippen LogP contribution < -0.4 is 10.9 Å². The number of halogens is 2. The molecule has 1 N–H and O–H groups in total. The number of fused-ring (bicyclic) bond motifs is 1. The van der Waals surface area contributed by atoms with Crippen LogP contribution in [0.1, 0.15) is 27.3 Å². The topological polar surface area (TPSA) is 68.9 Å². The van der Waals surface area contributed by atoms with Crippen LogP contribution in [0.3, 0.4) is 0 Å². The molecule has 0 bridgehead atoms. The minimum atomic E-state index is -0.698. The number of carbonyl (C=O) groups excluding carboxylic acids is 1. The predicted molar refractivity (Wildman–Crippen MR) is 113 cm³/mol. The maximum atomic E-state index is 14.6. The summed E-state index contributed by atoms with van der Waals surface area (Å²) in [7, 11) is 1.75. The first kappa shape index (κ1) is 20.5. The summed E-state index contributed by atoms with van der Waals surface area (Å²) < 4.78 is 31.0. The van der Waals surface area contributed by atoms with Crippen molar-refractivity contribution < 1.29 is 13.6 Å². The molecule has 0 aliphatic rings. The van der Waals surface area contributed by atoms with Gasteiger partial charge in [-0.3, -0.25) is 14.3 Å². The summed E-state index contributed by atoms with van der Waals surface area (Å²) in [4.78, 5) is 26.2. The van der Waals surface area contributed by atoms with Crippen LogP contribution in [0.2, 0.25) is 0 Å². The lowest BCUT2D eigenvalue weighted by atomic mass is 10.0. The number of hydrogen-bond donors (Lipinski definition) is 1. The molecule has 0 aliphatic carbocycles. The third kappa shape index (κ3) is 3.96. The molecule has 0 unspecified atom stereocenters. The first-order valence-corrected chi connectivity index (χ1v) is 9.68. The number of pyridine rings is 1. The van der Waals surface area contributed by atoms with Crippen LogP contribution in [0.25, 0.3) is 10.8 Å². The van der Waals surface area contributed by atoms with Crippen LogP contribution >= 0.6 is 0 Å². The molecule has 158 valence electrons. The second-order valence-corrected chi connectivity index (χ2v) is 7.31. The van der Waals surface area contributed by atoms with Crippen LogP contribution in [0.5, 0.6) is 0 Å². The quantitative estimate of drug-likeness (QED) is 0.537. The van der Waals surface area contributed by atoms with E-state index in [4.69, 9.17) is 0 Å². The number of rotatable bonds is 5. The van der Waals surface area contributed by atoms with E-state index in [1.807, 2.05) is 0 Å². The fraction of sp³-hybridized carbons (Fsp3) is 0.174. The van der Waals surface area contributed by atoms with Crippen molar-refractivity contribution in [3.63, 3.8) is 0 Å². The molecule has 0 spiro atoms. The lowest BCUT2D eigenvalue weighted by Crippen LogP contribution is -2.31. The molecule has 4 rings (SSSR count). The highest BCUT2D eigenvalue weighted by molar-refractivity contribution is 6.07. The van der Waals surface area contributed by atoms with Crippen molar-refractivity contribution in [3.05, 3.63) is 99.2 Å². The third-order valence-electron chi connectivity index (χ3n) is 5.17. The van der Waals surface area contributed by atoms with Gasteiger partial charge in [0.2, 0.25) is 0 Å². The first-order chi connectivity index (χ1) is 14.8. The van der Waals surface area contributed by atoms with Crippen LogP contribution in [0.15, 0.2) is 59.5 Å². The number of nitrogens with one attached hydrogen (secondary N) is 1.